The molecule has 1 aromatic carbocycles. The molecule has 5 heteroatoms. The summed E-state index contributed by atoms with van der Waals surface area (Å²) < 4.78 is 25.0. The average Bonchev–Trinajstić information content (AvgIpc) is 2.96. The summed E-state index contributed by atoms with van der Waals surface area (Å²) in [5.41, 5.74) is 3.17. The average molecular weight is 266 g/mol. The molecule has 1 fully saturated rings. The van der Waals surface area contributed by atoms with Crippen LogP contribution in [0.25, 0.3) is 0 Å². The van der Waals surface area contributed by atoms with Gasteiger partial charge in [-0.25, -0.2) is 8.42 Å². The van der Waals surface area contributed by atoms with E-state index in [4.69, 9.17) is 0 Å². The summed E-state index contributed by atoms with van der Waals surface area (Å²) >= 11 is 0. The quantitative estimate of drug-likeness (QED) is 0.816. The van der Waals surface area contributed by atoms with Gasteiger partial charge in [-0.3, -0.25) is 4.31 Å². The monoisotopic (exact) mass is 266 g/mol. The molecule has 1 aromatic rings. The van der Waals surface area contributed by atoms with Crippen molar-refractivity contribution in [2.24, 2.45) is 0 Å². The van der Waals surface area contributed by atoms with Crippen LogP contribution in [-0.4, -0.2) is 34.3 Å². The molecular formula is C13H18N2O2S. The number of benzene rings is 1. The van der Waals surface area contributed by atoms with Gasteiger partial charge < -0.3 is 4.90 Å². The Labute approximate surface area is 108 Å². The fraction of sp³-hybridized carbons (Fsp3) is 0.538. The standard InChI is InChI=1S/C13H18N2O2S/c1-18(16,17)15-9-6-11-4-5-12(10-13(11)15)14-7-2-3-8-14/h4-5,10H,2-3,6-9H2,1H3. The van der Waals surface area contributed by atoms with Crippen LogP contribution >= 0.6 is 0 Å². The predicted molar refractivity (Wildman–Crippen MR) is 73.8 cm³/mol. The third-order valence-corrected chi connectivity index (χ3v) is 4.97. The maximum Gasteiger partial charge on any atom is 0.232 e. The van der Waals surface area contributed by atoms with E-state index in [-0.39, 0.29) is 0 Å². The summed E-state index contributed by atoms with van der Waals surface area (Å²) in [7, 11) is -3.14. The van der Waals surface area contributed by atoms with Crippen molar-refractivity contribution in [2.45, 2.75) is 19.3 Å². The Bertz CT molecular complexity index is 562. The predicted octanol–water partition coefficient (Wildman–Crippen LogP) is 1.61. The first-order valence-electron chi connectivity index (χ1n) is 6.41. The third kappa shape index (κ3) is 1.96. The van der Waals surface area contributed by atoms with E-state index in [0.29, 0.717) is 6.54 Å². The molecule has 0 N–H and O–H groups in total. The lowest BCUT2D eigenvalue weighted by Gasteiger charge is -2.21. The van der Waals surface area contributed by atoms with Crippen LogP contribution in [0.15, 0.2) is 18.2 Å². The molecule has 2 heterocycles. The molecule has 0 saturated carbocycles. The second-order valence-corrected chi connectivity index (χ2v) is 7.00. The van der Waals surface area contributed by atoms with Crippen LogP contribution < -0.4 is 9.21 Å². The van der Waals surface area contributed by atoms with E-state index >= 15 is 0 Å². The van der Waals surface area contributed by atoms with Crippen molar-refractivity contribution in [2.75, 3.05) is 35.1 Å². The number of hydrogen-bond acceptors (Lipinski definition) is 3. The summed E-state index contributed by atoms with van der Waals surface area (Å²) in [6.45, 7) is 2.74. The summed E-state index contributed by atoms with van der Waals surface area (Å²) in [4.78, 5) is 2.33. The Kier molecular flexibility index (Phi) is 2.73. The summed E-state index contributed by atoms with van der Waals surface area (Å²) in [5.74, 6) is 0. The van der Waals surface area contributed by atoms with Crippen LogP contribution in [0.2, 0.25) is 0 Å². The number of nitrogens with zero attached hydrogens (tertiary/aromatic N) is 2. The second-order valence-electron chi connectivity index (χ2n) is 5.09. The lowest BCUT2D eigenvalue weighted by atomic mass is 10.1. The fourth-order valence-electron chi connectivity index (χ4n) is 2.85. The molecule has 4 nitrogen and oxygen atoms in total. The zero-order chi connectivity index (χ0) is 12.8. The number of hydrogen-bond donors (Lipinski definition) is 0. The van der Waals surface area contributed by atoms with Crippen LogP contribution in [0.5, 0.6) is 0 Å². The molecule has 1 saturated heterocycles. The Hall–Kier alpha value is -1.23. The van der Waals surface area contributed by atoms with Gasteiger partial charge in [-0.2, -0.15) is 0 Å². The molecule has 18 heavy (non-hydrogen) atoms. The van der Waals surface area contributed by atoms with Gasteiger partial charge in [0, 0.05) is 25.3 Å². The topological polar surface area (TPSA) is 40.6 Å². The molecule has 0 aliphatic carbocycles. The first-order chi connectivity index (χ1) is 8.55. The molecule has 0 aromatic heterocycles. The van der Waals surface area contributed by atoms with E-state index in [9.17, 15) is 8.42 Å². The minimum Gasteiger partial charge on any atom is -0.371 e. The largest absolute Gasteiger partial charge is 0.371 e. The molecule has 3 rings (SSSR count). The number of anilines is 2. The van der Waals surface area contributed by atoms with Crippen molar-refractivity contribution in [3.05, 3.63) is 23.8 Å². The molecule has 0 unspecified atom stereocenters. The highest BCUT2D eigenvalue weighted by Gasteiger charge is 2.27. The first-order valence-corrected chi connectivity index (χ1v) is 8.26. The van der Waals surface area contributed by atoms with Crippen LogP contribution in [0.1, 0.15) is 18.4 Å². The van der Waals surface area contributed by atoms with E-state index in [1.165, 1.54) is 23.4 Å². The molecule has 0 atom stereocenters. The highest BCUT2D eigenvalue weighted by atomic mass is 32.2. The highest BCUT2D eigenvalue weighted by Crippen LogP contribution is 2.34. The van der Waals surface area contributed by atoms with E-state index < -0.39 is 10.0 Å². The van der Waals surface area contributed by atoms with Crippen molar-refractivity contribution >= 4 is 21.4 Å². The molecular weight excluding hydrogens is 248 g/mol. The summed E-state index contributed by atoms with van der Waals surface area (Å²) in [6.07, 6.45) is 4.56. The van der Waals surface area contributed by atoms with Gasteiger partial charge in [-0.05, 0) is 37.0 Å². The molecule has 2 aliphatic heterocycles. The Morgan fingerprint density at radius 3 is 2.50 bits per heavy atom. The van der Waals surface area contributed by atoms with Crippen LogP contribution in [0.4, 0.5) is 11.4 Å². The smallest absolute Gasteiger partial charge is 0.232 e. The van der Waals surface area contributed by atoms with Crippen molar-refractivity contribution in [1.82, 2.24) is 0 Å². The van der Waals surface area contributed by atoms with Crippen molar-refractivity contribution in [1.29, 1.82) is 0 Å². The Morgan fingerprint density at radius 2 is 1.83 bits per heavy atom. The minimum absolute atomic E-state index is 0.581. The van der Waals surface area contributed by atoms with Gasteiger partial charge in [0.25, 0.3) is 0 Å². The molecule has 0 spiro atoms. The summed E-state index contributed by atoms with van der Waals surface area (Å²) in [6, 6.07) is 6.23. The van der Waals surface area contributed by atoms with Gasteiger partial charge in [0.15, 0.2) is 0 Å². The highest BCUT2D eigenvalue weighted by molar-refractivity contribution is 7.92. The second kappa shape index (κ2) is 4.16. The Morgan fingerprint density at radius 1 is 1.11 bits per heavy atom. The van der Waals surface area contributed by atoms with Crippen LogP contribution in [0.3, 0.4) is 0 Å². The minimum atomic E-state index is -3.14. The SMILES string of the molecule is CS(=O)(=O)N1CCc2ccc(N3CCCC3)cc21. The maximum atomic E-state index is 11.7. The van der Waals surface area contributed by atoms with E-state index in [0.717, 1.165) is 36.4 Å². The summed E-state index contributed by atoms with van der Waals surface area (Å²) in [5, 5.41) is 0. The first kappa shape index (κ1) is 11.8. The van der Waals surface area contributed by atoms with Gasteiger partial charge in [-0.15, -0.1) is 0 Å². The van der Waals surface area contributed by atoms with Crippen LogP contribution in [0, 0.1) is 0 Å². The molecule has 2 aliphatic rings. The van der Waals surface area contributed by atoms with E-state index in [1.54, 1.807) is 0 Å². The molecule has 98 valence electrons. The van der Waals surface area contributed by atoms with Gasteiger partial charge in [0.05, 0.1) is 11.9 Å². The Balaban J connectivity index is 1.99. The van der Waals surface area contributed by atoms with Crippen LogP contribution in [-0.2, 0) is 16.4 Å². The molecule has 0 radical (unpaired) electrons. The van der Waals surface area contributed by atoms with Gasteiger partial charge in [0.1, 0.15) is 0 Å². The third-order valence-electron chi connectivity index (χ3n) is 3.79. The van der Waals surface area contributed by atoms with E-state index in [2.05, 4.69) is 17.0 Å². The molecule has 0 bridgehead atoms. The van der Waals surface area contributed by atoms with Gasteiger partial charge >= 0.3 is 0 Å². The lowest BCUT2D eigenvalue weighted by molar-refractivity contribution is 0.598. The normalized spacial score (nSPS) is 19.4. The van der Waals surface area contributed by atoms with Gasteiger partial charge in [0.2, 0.25) is 10.0 Å². The van der Waals surface area contributed by atoms with Gasteiger partial charge in [-0.1, -0.05) is 6.07 Å². The number of fused-ring (bicyclic) bond motifs is 1. The number of sulfonamides is 1. The zero-order valence-electron chi connectivity index (χ0n) is 10.6. The number of rotatable bonds is 2. The zero-order valence-corrected chi connectivity index (χ0v) is 11.4. The fourth-order valence-corrected chi connectivity index (χ4v) is 3.80. The van der Waals surface area contributed by atoms with Crippen molar-refractivity contribution in [3.8, 4) is 0 Å². The van der Waals surface area contributed by atoms with Crippen molar-refractivity contribution < 1.29 is 8.42 Å². The lowest BCUT2D eigenvalue weighted by Crippen LogP contribution is -2.27. The molecule has 0 amide bonds. The van der Waals surface area contributed by atoms with Crippen molar-refractivity contribution in [3.63, 3.8) is 0 Å². The van der Waals surface area contributed by atoms with E-state index in [1.807, 2.05) is 6.07 Å². The maximum absolute atomic E-state index is 11.7.